The van der Waals surface area contributed by atoms with Gasteiger partial charge in [-0.1, -0.05) is 103 Å². The van der Waals surface area contributed by atoms with E-state index in [9.17, 15) is 0 Å². The van der Waals surface area contributed by atoms with E-state index >= 15 is 0 Å². The lowest BCUT2D eigenvalue weighted by molar-refractivity contribution is 0.617. The standard InChI is InChI=1S/C43H28N2O2/c1-4-10-29(11-5-1)31-16-20-34(21-17-31)45(35-22-18-32(19-23-35)30-12-6-2-7-13-30)36-24-25-40-37(26-36)38-27-39-42(28-41(38)46-40)47-43(44-39)33-14-8-3-9-15-33/h1-28H. The van der Waals surface area contributed by atoms with E-state index < -0.39 is 0 Å². The van der Waals surface area contributed by atoms with Crippen LogP contribution in [0, 0.1) is 0 Å². The van der Waals surface area contributed by atoms with Gasteiger partial charge in [-0.25, -0.2) is 4.98 Å². The predicted octanol–water partition coefficient (Wildman–Crippen LogP) is 12.2. The number of benzene rings is 7. The second-order valence-corrected chi connectivity index (χ2v) is 11.6. The first kappa shape index (κ1) is 27.0. The lowest BCUT2D eigenvalue weighted by atomic mass is 10.0. The van der Waals surface area contributed by atoms with Crippen LogP contribution in [0.1, 0.15) is 0 Å². The van der Waals surface area contributed by atoms with E-state index in [1.54, 1.807) is 0 Å². The summed E-state index contributed by atoms with van der Waals surface area (Å²) < 4.78 is 12.5. The number of anilines is 3. The summed E-state index contributed by atoms with van der Waals surface area (Å²) in [6.45, 7) is 0. The van der Waals surface area contributed by atoms with Gasteiger partial charge in [0.25, 0.3) is 0 Å². The van der Waals surface area contributed by atoms with E-state index in [0.717, 1.165) is 50.1 Å². The first-order valence-corrected chi connectivity index (χ1v) is 15.7. The van der Waals surface area contributed by atoms with E-state index in [1.807, 2.05) is 48.5 Å². The number of oxazole rings is 1. The maximum atomic E-state index is 6.34. The maximum Gasteiger partial charge on any atom is 0.227 e. The van der Waals surface area contributed by atoms with E-state index in [4.69, 9.17) is 13.8 Å². The van der Waals surface area contributed by atoms with Crippen molar-refractivity contribution < 1.29 is 8.83 Å². The molecule has 0 aliphatic carbocycles. The van der Waals surface area contributed by atoms with Gasteiger partial charge in [0.1, 0.15) is 16.7 Å². The van der Waals surface area contributed by atoms with Crippen molar-refractivity contribution in [2.24, 2.45) is 0 Å². The summed E-state index contributed by atoms with van der Waals surface area (Å²) >= 11 is 0. The molecule has 222 valence electrons. The lowest BCUT2D eigenvalue weighted by Gasteiger charge is -2.26. The molecular weight excluding hydrogens is 576 g/mol. The Hall–Kier alpha value is -6.39. The Morgan fingerprint density at radius 2 is 0.851 bits per heavy atom. The van der Waals surface area contributed by atoms with E-state index in [-0.39, 0.29) is 0 Å². The topological polar surface area (TPSA) is 42.4 Å². The normalized spacial score (nSPS) is 11.4. The monoisotopic (exact) mass is 604 g/mol. The fraction of sp³-hybridized carbons (Fsp3) is 0. The fourth-order valence-electron chi connectivity index (χ4n) is 6.34. The van der Waals surface area contributed by atoms with Crippen molar-refractivity contribution in [3.05, 3.63) is 170 Å². The fourth-order valence-corrected chi connectivity index (χ4v) is 6.34. The molecule has 0 unspecified atom stereocenters. The second kappa shape index (κ2) is 11.2. The van der Waals surface area contributed by atoms with Gasteiger partial charge < -0.3 is 13.7 Å². The van der Waals surface area contributed by atoms with Crippen LogP contribution >= 0.6 is 0 Å². The van der Waals surface area contributed by atoms with Gasteiger partial charge in [0.05, 0.1) is 0 Å². The van der Waals surface area contributed by atoms with Crippen LogP contribution in [0.3, 0.4) is 0 Å². The van der Waals surface area contributed by atoms with E-state index in [0.29, 0.717) is 11.5 Å². The molecule has 0 N–H and O–H groups in total. The number of hydrogen-bond donors (Lipinski definition) is 0. The first-order valence-electron chi connectivity index (χ1n) is 15.7. The van der Waals surface area contributed by atoms with Gasteiger partial charge in [-0.2, -0.15) is 0 Å². The van der Waals surface area contributed by atoms with Crippen molar-refractivity contribution in [3.8, 4) is 33.7 Å². The Bertz CT molecular complexity index is 2400. The summed E-state index contributed by atoms with van der Waals surface area (Å²) in [6, 6.07) is 58.8. The molecule has 2 aromatic heterocycles. The Balaban J connectivity index is 1.16. The van der Waals surface area contributed by atoms with Crippen molar-refractivity contribution in [1.82, 2.24) is 4.98 Å². The van der Waals surface area contributed by atoms with Gasteiger partial charge in [-0.15, -0.1) is 0 Å². The van der Waals surface area contributed by atoms with Crippen LogP contribution in [-0.4, -0.2) is 4.98 Å². The van der Waals surface area contributed by atoms with Crippen LogP contribution in [0.5, 0.6) is 0 Å². The Morgan fingerprint density at radius 1 is 0.362 bits per heavy atom. The molecule has 47 heavy (non-hydrogen) atoms. The minimum absolute atomic E-state index is 0.599. The molecule has 4 nitrogen and oxygen atoms in total. The number of aromatic nitrogens is 1. The second-order valence-electron chi connectivity index (χ2n) is 11.6. The third-order valence-corrected chi connectivity index (χ3v) is 8.71. The molecule has 0 aliphatic heterocycles. The number of hydrogen-bond acceptors (Lipinski definition) is 4. The first-order chi connectivity index (χ1) is 23.3. The molecule has 0 amide bonds. The number of fused-ring (bicyclic) bond motifs is 4. The summed E-state index contributed by atoms with van der Waals surface area (Å²) in [7, 11) is 0. The lowest BCUT2D eigenvalue weighted by Crippen LogP contribution is -2.09. The highest BCUT2D eigenvalue weighted by molar-refractivity contribution is 6.10. The Labute approximate surface area is 271 Å². The van der Waals surface area contributed by atoms with Crippen LogP contribution in [0.4, 0.5) is 17.1 Å². The molecule has 0 saturated heterocycles. The zero-order chi connectivity index (χ0) is 31.2. The number of rotatable bonds is 6. The van der Waals surface area contributed by atoms with Gasteiger partial charge in [0.2, 0.25) is 5.89 Å². The average Bonchev–Trinajstić information content (AvgIpc) is 3.73. The molecule has 0 saturated carbocycles. The molecule has 4 heteroatoms. The van der Waals surface area contributed by atoms with Gasteiger partial charge >= 0.3 is 0 Å². The number of nitrogens with zero attached hydrogens (tertiary/aromatic N) is 2. The molecule has 7 aromatic carbocycles. The van der Waals surface area contributed by atoms with Gasteiger partial charge in [-0.05, 0) is 82.9 Å². The Morgan fingerprint density at radius 3 is 1.43 bits per heavy atom. The van der Waals surface area contributed by atoms with Crippen molar-refractivity contribution >= 4 is 50.1 Å². The van der Waals surface area contributed by atoms with Gasteiger partial charge in [0.15, 0.2) is 5.58 Å². The molecule has 2 heterocycles. The molecule has 0 spiro atoms. The van der Waals surface area contributed by atoms with Crippen molar-refractivity contribution in [1.29, 1.82) is 0 Å². The molecule has 0 aliphatic rings. The molecule has 0 bridgehead atoms. The minimum Gasteiger partial charge on any atom is -0.456 e. The third kappa shape index (κ3) is 4.93. The minimum atomic E-state index is 0.599. The van der Waals surface area contributed by atoms with Crippen molar-refractivity contribution in [2.75, 3.05) is 4.90 Å². The van der Waals surface area contributed by atoms with Gasteiger partial charge in [-0.3, -0.25) is 0 Å². The van der Waals surface area contributed by atoms with Crippen LogP contribution in [0.25, 0.3) is 66.7 Å². The third-order valence-electron chi connectivity index (χ3n) is 8.71. The quantitative estimate of drug-likeness (QED) is 0.189. The molecule has 0 fully saturated rings. The van der Waals surface area contributed by atoms with E-state index in [1.165, 1.54) is 22.3 Å². The molecule has 0 atom stereocenters. The summed E-state index contributed by atoms with van der Waals surface area (Å²) in [5.74, 6) is 0.599. The molecule has 9 rings (SSSR count). The average molecular weight is 605 g/mol. The highest BCUT2D eigenvalue weighted by atomic mass is 16.4. The van der Waals surface area contributed by atoms with Crippen LogP contribution in [-0.2, 0) is 0 Å². The van der Waals surface area contributed by atoms with E-state index in [2.05, 4.69) is 126 Å². The van der Waals surface area contributed by atoms with Crippen LogP contribution < -0.4 is 4.90 Å². The SMILES string of the molecule is c1ccc(-c2ccc(N(c3ccc(-c4ccccc4)cc3)c3ccc4oc5cc6oc(-c7ccccc7)nc6cc5c4c3)cc2)cc1. The summed E-state index contributed by atoms with van der Waals surface area (Å²) in [6.07, 6.45) is 0. The predicted molar refractivity (Wildman–Crippen MR) is 192 cm³/mol. The summed E-state index contributed by atoms with van der Waals surface area (Å²) in [4.78, 5) is 7.12. The number of furan rings is 1. The highest BCUT2D eigenvalue weighted by Gasteiger charge is 2.18. The maximum absolute atomic E-state index is 6.34. The molecule has 9 aromatic rings. The van der Waals surface area contributed by atoms with Crippen molar-refractivity contribution in [3.63, 3.8) is 0 Å². The zero-order valence-corrected chi connectivity index (χ0v) is 25.4. The summed E-state index contributed by atoms with van der Waals surface area (Å²) in [5, 5.41) is 2.02. The highest BCUT2D eigenvalue weighted by Crippen LogP contribution is 2.41. The van der Waals surface area contributed by atoms with Crippen LogP contribution in [0.2, 0.25) is 0 Å². The Kier molecular flexibility index (Phi) is 6.43. The summed E-state index contributed by atoms with van der Waals surface area (Å²) in [5.41, 5.74) is 11.9. The molecule has 0 radical (unpaired) electrons. The zero-order valence-electron chi connectivity index (χ0n) is 25.4. The van der Waals surface area contributed by atoms with Gasteiger partial charge in [0, 0.05) is 39.5 Å². The van der Waals surface area contributed by atoms with Crippen LogP contribution in [0.15, 0.2) is 179 Å². The van der Waals surface area contributed by atoms with Crippen molar-refractivity contribution in [2.45, 2.75) is 0 Å². The smallest absolute Gasteiger partial charge is 0.227 e. The largest absolute Gasteiger partial charge is 0.456 e. The molecular formula is C43H28N2O2.